The summed E-state index contributed by atoms with van der Waals surface area (Å²) in [7, 11) is -1.88. The maximum atomic E-state index is 12.9. The number of hydrogen-bond acceptors (Lipinski definition) is 8. The second-order valence-corrected chi connectivity index (χ2v) is 12.3. The summed E-state index contributed by atoms with van der Waals surface area (Å²) < 4.78 is 33.8. The summed E-state index contributed by atoms with van der Waals surface area (Å²) in [4.78, 5) is 22.3. The molecule has 0 bridgehead atoms. The molecule has 4 rings (SSSR count). The van der Waals surface area contributed by atoms with Crippen molar-refractivity contribution in [3.05, 3.63) is 48.0 Å². The van der Waals surface area contributed by atoms with Gasteiger partial charge in [0.2, 0.25) is 10.0 Å². The number of ether oxygens (including phenoxy) is 1. The van der Waals surface area contributed by atoms with E-state index in [1.165, 1.54) is 16.4 Å². The summed E-state index contributed by atoms with van der Waals surface area (Å²) in [5, 5.41) is 3.99. The van der Waals surface area contributed by atoms with Crippen LogP contribution in [0.25, 0.3) is 10.2 Å². The van der Waals surface area contributed by atoms with Crippen LogP contribution in [0.3, 0.4) is 0 Å². The lowest BCUT2D eigenvalue weighted by Gasteiger charge is -2.34. The molecular weight excluding hydrogens is 522 g/mol. The molecule has 0 atom stereocenters. The van der Waals surface area contributed by atoms with Gasteiger partial charge < -0.3 is 15.0 Å². The van der Waals surface area contributed by atoms with E-state index in [0.717, 1.165) is 66.7 Å². The van der Waals surface area contributed by atoms with Crippen molar-refractivity contribution in [2.45, 2.75) is 31.6 Å². The largest absolute Gasteiger partial charge is 0.497 e. The van der Waals surface area contributed by atoms with Gasteiger partial charge in [-0.2, -0.15) is 4.31 Å². The zero-order chi connectivity index (χ0) is 27.1. The molecule has 3 aromatic rings. The molecule has 38 heavy (non-hydrogen) atoms. The maximum absolute atomic E-state index is 12.9. The van der Waals surface area contributed by atoms with Crippen LogP contribution in [0.15, 0.2) is 47.4 Å². The van der Waals surface area contributed by atoms with E-state index in [1.54, 1.807) is 30.6 Å². The number of thiazole rings is 1. The zero-order valence-electron chi connectivity index (χ0n) is 22.4. The predicted octanol–water partition coefficient (Wildman–Crippen LogP) is 3.67. The molecule has 206 valence electrons. The van der Waals surface area contributed by atoms with Gasteiger partial charge in [-0.25, -0.2) is 13.4 Å². The van der Waals surface area contributed by atoms with E-state index < -0.39 is 10.0 Å². The number of hydrogen-bond donors (Lipinski definition) is 1. The fourth-order valence-electron chi connectivity index (χ4n) is 4.53. The van der Waals surface area contributed by atoms with Crippen molar-refractivity contribution in [2.24, 2.45) is 0 Å². The second kappa shape index (κ2) is 12.9. The van der Waals surface area contributed by atoms with Gasteiger partial charge in [-0.05, 0) is 55.3 Å². The van der Waals surface area contributed by atoms with E-state index in [1.807, 2.05) is 32.0 Å². The monoisotopic (exact) mass is 559 g/mol. The van der Waals surface area contributed by atoms with Crippen molar-refractivity contribution in [2.75, 3.05) is 64.4 Å². The Hall–Kier alpha value is -2.73. The number of aromatic nitrogens is 1. The first-order chi connectivity index (χ1) is 18.3. The van der Waals surface area contributed by atoms with Crippen LogP contribution in [0.4, 0.5) is 5.13 Å². The van der Waals surface area contributed by atoms with Gasteiger partial charge in [0.15, 0.2) is 5.13 Å². The topological polar surface area (TPSA) is 95.1 Å². The molecule has 2 aromatic carbocycles. The fraction of sp³-hybridized carbons (Fsp3) is 0.481. The molecule has 0 spiro atoms. The number of carbonyl (C=O) groups excluding carboxylic acids is 1. The molecule has 0 saturated carbocycles. The van der Waals surface area contributed by atoms with Crippen molar-refractivity contribution >= 4 is 42.6 Å². The highest BCUT2D eigenvalue weighted by atomic mass is 32.2. The molecule has 11 heteroatoms. The molecule has 9 nitrogen and oxygen atoms in total. The van der Waals surface area contributed by atoms with Crippen LogP contribution in [0.1, 0.15) is 37.0 Å². The first-order valence-electron chi connectivity index (χ1n) is 13.2. The van der Waals surface area contributed by atoms with Crippen molar-refractivity contribution < 1.29 is 17.9 Å². The van der Waals surface area contributed by atoms with E-state index in [2.05, 4.69) is 15.1 Å². The maximum Gasteiger partial charge on any atom is 0.251 e. The number of nitrogens with one attached hydrogen (secondary N) is 1. The molecule has 1 amide bonds. The van der Waals surface area contributed by atoms with Gasteiger partial charge in [0.05, 0.1) is 22.2 Å². The van der Waals surface area contributed by atoms with Gasteiger partial charge in [-0.15, -0.1) is 0 Å². The van der Waals surface area contributed by atoms with Gasteiger partial charge in [-0.3, -0.25) is 9.69 Å². The highest BCUT2D eigenvalue weighted by molar-refractivity contribution is 7.89. The summed E-state index contributed by atoms with van der Waals surface area (Å²) >= 11 is 1.68. The van der Waals surface area contributed by atoms with Gasteiger partial charge in [0.25, 0.3) is 5.91 Å². The molecule has 1 aromatic heterocycles. The number of piperazine rings is 1. The third kappa shape index (κ3) is 6.63. The predicted molar refractivity (Wildman–Crippen MR) is 153 cm³/mol. The summed E-state index contributed by atoms with van der Waals surface area (Å²) in [6.07, 6.45) is 1.51. The Morgan fingerprint density at radius 2 is 1.74 bits per heavy atom. The van der Waals surface area contributed by atoms with Crippen molar-refractivity contribution in [1.29, 1.82) is 0 Å². The lowest BCUT2D eigenvalue weighted by Crippen LogP contribution is -2.48. The standard InChI is InChI=1S/C27H37N5O4S2/c1-4-13-32(14-5-2)38(34,35)23-9-6-21(7-10-23)26(33)28-12-15-30-16-18-31(19-17-30)27-29-24-11-8-22(36-3)20-25(24)37-27/h6-11,20H,4-5,12-19H2,1-3H3,(H,28,33). The van der Waals surface area contributed by atoms with Crippen LogP contribution in [-0.4, -0.2) is 88.0 Å². The highest BCUT2D eigenvalue weighted by Gasteiger charge is 2.23. The smallest absolute Gasteiger partial charge is 0.251 e. The lowest BCUT2D eigenvalue weighted by molar-refractivity contribution is 0.0947. The summed E-state index contributed by atoms with van der Waals surface area (Å²) in [6, 6.07) is 12.2. The summed E-state index contributed by atoms with van der Waals surface area (Å²) in [5.41, 5.74) is 1.44. The number of rotatable bonds is 12. The Labute approximate surface area is 229 Å². The average molecular weight is 560 g/mol. The van der Waals surface area contributed by atoms with Gasteiger partial charge in [0.1, 0.15) is 5.75 Å². The van der Waals surface area contributed by atoms with E-state index in [4.69, 9.17) is 9.72 Å². The molecule has 1 aliphatic rings. The first kappa shape index (κ1) is 28.3. The van der Waals surface area contributed by atoms with E-state index in [-0.39, 0.29) is 10.8 Å². The molecular formula is C27H37N5O4S2. The average Bonchev–Trinajstić information content (AvgIpc) is 3.36. The molecule has 0 unspecified atom stereocenters. The van der Waals surface area contributed by atoms with Crippen molar-refractivity contribution in [1.82, 2.24) is 19.5 Å². The van der Waals surface area contributed by atoms with Crippen LogP contribution in [-0.2, 0) is 10.0 Å². The Morgan fingerprint density at radius 3 is 2.37 bits per heavy atom. The van der Waals surface area contributed by atoms with Crippen LogP contribution in [0.5, 0.6) is 5.75 Å². The number of sulfonamides is 1. The van der Waals surface area contributed by atoms with Crippen LogP contribution in [0.2, 0.25) is 0 Å². The molecule has 1 fully saturated rings. The van der Waals surface area contributed by atoms with Crippen molar-refractivity contribution in [3.63, 3.8) is 0 Å². The summed E-state index contributed by atoms with van der Waals surface area (Å²) in [6.45, 7) is 9.75. The van der Waals surface area contributed by atoms with E-state index in [9.17, 15) is 13.2 Å². The van der Waals surface area contributed by atoms with Gasteiger partial charge in [-0.1, -0.05) is 25.2 Å². The SMILES string of the molecule is CCCN(CCC)S(=O)(=O)c1ccc(C(=O)NCCN2CCN(c3nc4ccc(OC)cc4s3)CC2)cc1. The first-order valence-corrected chi connectivity index (χ1v) is 15.4. The molecule has 0 radical (unpaired) electrons. The van der Waals surface area contributed by atoms with Crippen LogP contribution in [0, 0.1) is 0 Å². The molecule has 0 aliphatic carbocycles. The number of nitrogens with zero attached hydrogens (tertiary/aromatic N) is 4. The lowest BCUT2D eigenvalue weighted by atomic mass is 10.2. The highest BCUT2D eigenvalue weighted by Crippen LogP contribution is 2.31. The normalized spacial score (nSPS) is 14.8. The van der Waals surface area contributed by atoms with Crippen molar-refractivity contribution in [3.8, 4) is 5.75 Å². The van der Waals surface area contributed by atoms with Crippen LogP contribution < -0.4 is 15.0 Å². The molecule has 1 saturated heterocycles. The number of amides is 1. The second-order valence-electron chi connectivity index (χ2n) is 9.34. The minimum atomic E-state index is -3.55. The van der Waals surface area contributed by atoms with Gasteiger partial charge in [0, 0.05) is 57.9 Å². The van der Waals surface area contributed by atoms with E-state index in [0.29, 0.717) is 25.2 Å². The summed E-state index contributed by atoms with van der Waals surface area (Å²) in [5.74, 6) is 0.641. The zero-order valence-corrected chi connectivity index (χ0v) is 24.0. The van der Waals surface area contributed by atoms with E-state index >= 15 is 0 Å². The molecule has 2 heterocycles. The third-order valence-electron chi connectivity index (χ3n) is 6.64. The number of benzene rings is 2. The Balaban J connectivity index is 1.24. The Morgan fingerprint density at radius 1 is 1.05 bits per heavy atom. The van der Waals surface area contributed by atoms with Gasteiger partial charge >= 0.3 is 0 Å². The number of fused-ring (bicyclic) bond motifs is 1. The number of methoxy groups -OCH3 is 1. The number of carbonyl (C=O) groups is 1. The fourth-order valence-corrected chi connectivity index (χ4v) is 7.20. The quantitative estimate of drug-likeness (QED) is 0.362. The Bertz CT molecular complexity index is 1310. The minimum absolute atomic E-state index is 0.198. The minimum Gasteiger partial charge on any atom is -0.497 e. The molecule has 1 aliphatic heterocycles. The Kier molecular flexibility index (Phi) is 9.59. The molecule has 1 N–H and O–H groups in total. The third-order valence-corrected chi connectivity index (χ3v) is 9.63. The number of anilines is 1. The van der Waals surface area contributed by atoms with Crippen LogP contribution >= 0.6 is 11.3 Å².